The van der Waals surface area contributed by atoms with Gasteiger partial charge < -0.3 is 10.1 Å². The Morgan fingerprint density at radius 1 is 1.37 bits per heavy atom. The van der Waals surface area contributed by atoms with Gasteiger partial charge >= 0.3 is 0 Å². The van der Waals surface area contributed by atoms with E-state index in [0.717, 1.165) is 5.56 Å². The summed E-state index contributed by atoms with van der Waals surface area (Å²) >= 11 is 5.91. The monoisotopic (exact) mass is 274 g/mol. The van der Waals surface area contributed by atoms with E-state index in [0.29, 0.717) is 23.0 Å². The molecule has 1 aromatic carbocycles. The van der Waals surface area contributed by atoms with Crippen molar-refractivity contribution in [3.63, 3.8) is 0 Å². The van der Waals surface area contributed by atoms with Crippen LogP contribution in [0.1, 0.15) is 5.56 Å². The number of nitrogens with zero attached hydrogens (tertiary/aromatic N) is 1. The Morgan fingerprint density at radius 3 is 3.05 bits per heavy atom. The van der Waals surface area contributed by atoms with Gasteiger partial charge in [0, 0.05) is 17.6 Å². The molecule has 0 unspecified atom stereocenters. The summed E-state index contributed by atoms with van der Waals surface area (Å²) in [6.45, 7) is 0. The zero-order valence-electron chi connectivity index (χ0n) is 9.97. The summed E-state index contributed by atoms with van der Waals surface area (Å²) in [5.41, 5.74) is 0.952. The standard InChI is InChI=1S/C14H11ClN2O2/c15-10-4-5-11-9(7-10)8-12(19-11)14(18)17-13-3-1-2-6-16-13/h1-7,12H,8H2,(H,16,17,18)/t12-/m0/s1. The van der Waals surface area contributed by atoms with Crippen LogP contribution < -0.4 is 10.1 Å². The lowest BCUT2D eigenvalue weighted by molar-refractivity contribution is -0.122. The fourth-order valence-corrected chi connectivity index (χ4v) is 2.20. The molecule has 2 aromatic rings. The number of carbonyl (C=O) groups is 1. The number of amides is 1. The van der Waals surface area contributed by atoms with E-state index in [2.05, 4.69) is 10.3 Å². The lowest BCUT2D eigenvalue weighted by Crippen LogP contribution is -2.31. The number of anilines is 1. The smallest absolute Gasteiger partial charge is 0.266 e. The number of carbonyl (C=O) groups excluding carboxylic acids is 1. The van der Waals surface area contributed by atoms with Gasteiger partial charge in [-0.2, -0.15) is 0 Å². The van der Waals surface area contributed by atoms with Crippen LogP contribution in [0.25, 0.3) is 0 Å². The third-order valence-electron chi connectivity index (χ3n) is 2.91. The van der Waals surface area contributed by atoms with Crippen LogP contribution in [0.4, 0.5) is 5.82 Å². The number of pyridine rings is 1. The summed E-state index contributed by atoms with van der Waals surface area (Å²) in [7, 11) is 0. The van der Waals surface area contributed by atoms with Crippen molar-refractivity contribution < 1.29 is 9.53 Å². The van der Waals surface area contributed by atoms with Crippen molar-refractivity contribution >= 4 is 23.3 Å². The van der Waals surface area contributed by atoms with Gasteiger partial charge in [-0.25, -0.2) is 4.98 Å². The molecule has 1 aliphatic rings. The van der Waals surface area contributed by atoms with Gasteiger partial charge in [-0.1, -0.05) is 17.7 Å². The minimum absolute atomic E-state index is 0.203. The summed E-state index contributed by atoms with van der Waals surface area (Å²) < 4.78 is 5.60. The van der Waals surface area contributed by atoms with Crippen LogP contribution in [0, 0.1) is 0 Å². The van der Waals surface area contributed by atoms with Crippen molar-refractivity contribution in [2.24, 2.45) is 0 Å². The van der Waals surface area contributed by atoms with Crippen molar-refractivity contribution in [3.8, 4) is 5.75 Å². The maximum absolute atomic E-state index is 12.1. The number of fused-ring (bicyclic) bond motifs is 1. The molecule has 0 radical (unpaired) electrons. The fourth-order valence-electron chi connectivity index (χ4n) is 2.01. The Hall–Kier alpha value is -2.07. The molecule has 0 bridgehead atoms. The number of hydrogen-bond donors (Lipinski definition) is 1. The molecule has 0 aliphatic carbocycles. The number of aromatic nitrogens is 1. The number of ether oxygens (including phenoxy) is 1. The first-order valence-electron chi connectivity index (χ1n) is 5.89. The molecule has 19 heavy (non-hydrogen) atoms. The van der Waals surface area contributed by atoms with Crippen LogP contribution in [0.3, 0.4) is 0 Å². The van der Waals surface area contributed by atoms with Crippen molar-refractivity contribution in [2.45, 2.75) is 12.5 Å². The van der Waals surface area contributed by atoms with Gasteiger partial charge in [-0.3, -0.25) is 4.79 Å². The Morgan fingerprint density at radius 2 is 2.26 bits per heavy atom. The molecule has 0 saturated heterocycles. The van der Waals surface area contributed by atoms with E-state index in [9.17, 15) is 4.79 Å². The van der Waals surface area contributed by atoms with E-state index >= 15 is 0 Å². The van der Waals surface area contributed by atoms with Crippen LogP contribution in [0.5, 0.6) is 5.75 Å². The van der Waals surface area contributed by atoms with Gasteiger partial charge in [0.05, 0.1) is 0 Å². The van der Waals surface area contributed by atoms with E-state index in [4.69, 9.17) is 16.3 Å². The molecule has 0 saturated carbocycles. The molecule has 1 aliphatic heterocycles. The molecule has 5 heteroatoms. The molecule has 1 atom stereocenters. The first kappa shape index (κ1) is 12.0. The first-order chi connectivity index (χ1) is 9.22. The first-order valence-corrected chi connectivity index (χ1v) is 6.27. The Labute approximate surface area is 115 Å². The maximum atomic E-state index is 12.1. The van der Waals surface area contributed by atoms with Crippen LogP contribution >= 0.6 is 11.6 Å². The Bertz CT molecular complexity index is 616. The summed E-state index contributed by atoms with van der Waals surface area (Å²) in [5.74, 6) is 1.03. The molecule has 96 valence electrons. The minimum atomic E-state index is -0.532. The molecule has 1 amide bonds. The third-order valence-corrected chi connectivity index (χ3v) is 3.14. The van der Waals surface area contributed by atoms with E-state index in [-0.39, 0.29) is 5.91 Å². The molecular weight excluding hydrogens is 264 g/mol. The minimum Gasteiger partial charge on any atom is -0.480 e. The fraction of sp³-hybridized carbons (Fsp3) is 0.143. The van der Waals surface area contributed by atoms with E-state index in [1.807, 2.05) is 12.1 Å². The summed E-state index contributed by atoms with van der Waals surface area (Å²) in [6.07, 6.45) is 1.62. The molecule has 0 fully saturated rings. The topological polar surface area (TPSA) is 51.2 Å². The highest BCUT2D eigenvalue weighted by molar-refractivity contribution is 6.30. The number of rotatable bonds is 2. The predicted octanol–water partition coefficient (Wildman–Crippen LogP) is 2.68. The number of hydrogen-bond acceptors (Lipinski definition) is 3. The average Bonchev–Trinajstić information content (AvgIpc) is 2.83. The normalized spacial score (nSPS) is 16.6. The van der Waals surface area contributed by atoms with E-state index < -0.39 is 6.10 Å². The quantitative estimate of drug-likeness (QED) is 0.916. The van der Waals surface area contributed by atoms with Crippen molar-refractivity contribution in [1.82, 2.24) is 4.98 Å². The average molecular weight is 275 g/mol. The maximum Gasteiger partial charge on any atom is 0.266 e. The molecule has 3 rings (SSSR count). The van der Waals surface area contributed by atoms with Crippen LogP contribution in [-0.4, -0.2) is 17.0 Å². The van der Waals surface area contributed by atoms with Gasteiger partial charge in [0.2, 0.25) is 0 Å². The molecule has 4 nitrogen and oxygen atoms in total. The third kappa shape index (κ3) is 2.53. The summed E-state index contributed by atoms with van der Waals surface area (Å²) in [4.78, 5) is 16.1. The van der Waals surface area contributed by atoms with E-state index in [1.165, 1.54) is 0 Å². The Kier molecular flexibility index (Phi) is 3.09. The van der Waals surface area contributed by atoms with Crippen LogP contribution in [0.15, 0.2) is 42.6 Å². The lowest BCUT2D eigenvalue weighted by Gasteiger charge is -2.10. The number of halogens is 1. The SMILES string of the molecule is O=C(Nc1ccccn1)[C@@H]1Cc2cc(Cl)ccc2O1. The zero-order chi connectivity index (χ0) is 13.2. The highest BCUT2D eigenvalue weighted by Gasteiger charge is 2.29. The van der Waals surface area contributed by atoms with Gasteiger partial charge in [0.15, 0.2) is 6.10 Å². The summed E-state index contributed by atoms with van der Waals surface area (Å²) in [5, 5.41) is 3.37. The summed E-state index contributed by atoms with van der Waals surface area (Å²) in [6, 6.07) is 10.7. The second-order valence-electron chi connectivity index (χ2n) is 4.27. The van der Waals surface area contributed by atoms with Crippen molar-refractivity contribution in [2.75, 3.05) is 5.32 Å². The molecule has 2 heterocycles. The second-order valence-corrected chi connectivity index (χ2v) is 4.70. The zero-order valence-corrected chi connectivity index (χ0v) is 10.7. The molecular formula is C14H11ClN2O2. The highest BCUT2D eigenvalue weighted by Crippen LogP contribution is 2.31. The lowest BCUT2D eigenvalue weighted by atomic mass is 10.1. The largest absolute Gasteiger partial charge is 0.480 e. The molecule has 1 aromatic heterocycles. The van der Waals surface area contributed by atoms with Crippen molar-refractivity contribution in [3.05, 3.63) is 53.2 Å². The van der Waals surface area contributed by atoms with Gasteiger partial charge in [0.25, 0.3) is 5.91 Å². The van der Waals surface area contributed by atoms with Crippen LogP contribution in [0.2, 0.25) is 5.02 Å². The van der Waals surface area contributed by atoms with Crippen LogP contribution in [-0.2, 0) is 11.2 Å². The molecule has 1 N–H and O–H groups in total. The van der Waals surface area contributed by atoms with Gasteiger partial charge in [0.1, 0.15) is 11.6 Å². The second kappa shape index (κ2) is 4.90. The highest BCUT2D eigenvalue weighted by atomic mass is 35.5. The predicted molar refractivity (Wildman–Crippen MR) is 72.4 cm³/mol. The molecule has 0 spiro atoms. The van der Waals surface area contributed by atoms with Gasteiger partial charge in [-0.15, -0.1) is 0 Å². The number of nitrogens with one attached hydrogen (secondary N) is 1. The van der Waals surface area contributed by atoms with Crippen molar-refractivity contribution in [1.29, 1.82) is 0 Å². The Balaban J connectivity index is 1.71. The van der Waals surface area contributed by atoms with Gasteiger partial charge in [-0.05, 0) is 35.9 Å². The number of benzene rings is 1. The van der Waals surface area contributed by atoms with E-state index in [1.54, 1.807) is 30.5 Å².